The lowest BCUT2D eigenvalue weighted by molar-refractivity contribution is 0.0697. The SMILES string of the molecule is Cc1ccc(COc2cccc(-c3ccc(Cc4nc5ccc(C(=O)O)cc5n4CC4(C)CCC4)c(F)c3)n2)c(F)c1. The number of rotatable bonds is 9. The van der Waals surface area contributed by atoms with E-state index < -0.39 is 5.97 Å². The number of halogens is 2. The molecule has 1 aliphatic rings. The minimum absolute atomic E-state index is 0.0316. The number of fused-ring (bicyclic) bond motifs is 1. The van der Waals surface area contributed by atoms with Crippen LogP contribution in [0, 0.1) is 24.0 Å². The van der Waals surface area contributed by atoms with Gasteiger partial charge in [-0.05, 0) is 72.7 Å². The standard InChI is InChI=1S/C34H31F2N3O3/c1-21-7-8-25(26(35)15-21)19-42-32-6-3-5-28(38-32)23-10-9-22(27(36)16-23)18-31-37-29-12-11-24(33(40)41)17-30(29)39(31)20-34(2)13-4-14-34/h3,5-12,15-17H,4,13-14,18-20H2,1-2H3,(H,40,41). The fourth-order valence-corrected chi connectivity index (χ4v) is 5.53. The van der Waals surface area contributed by atoms with Crippen LogP contribution in [0.2, 0.25) is 0 Å². The number of aryl methyl sites for hydroxylation is 1. The molecular formula is C34H31F2N3O3. The molecule has 214 valence electrons. The Hall–Kier alpha value is -4.59. The van der Waals surface area contributed by atoms with Gasteiger partial charge in [0.15, 0.2) is 0 Å². The predicted octanol–water partition coefficient (Wildman–Crippen LogP) is 7.74. The van der Waals surface area contributed by atoms with Gasteiger partial charge in [-0.15, -0.1) is 0 Å². The molecule has 6 rings (SSSR count). The maximum atomic E-state index is 15.5. The summed E-state index contributed by atoms with van der Waals surface area (Å²) in [6.45, 7) is 4.78. The van der Waals surface area contributed by atoms with Gasteiger partial charge in [0, 0.05) is 30.2 Å². The van der Waals surface area contributed by atoms with Crippen LogP contribution in [0.1, 0.15) is 59.1 Å². The predicted molar refractivity (Wildman–Crippen MR) is 157 cm³/mol. The van der Waals surface area contributed by atoms with Crippen molar-refractivity contribution < 1.29 is 23.4 Å². The van der Waals surface area contributed by atoms with Crippen molar-refractivity contribution in [3.05, 3.63) is 113 Å². The van der Waals surface area contributed by atoms with Crippen LogP contribution in [-0.2, 0) is 19.6 Å². The third kappa shape index (κ3) is 5.62. The van der Waals surface area contributed by atoms with Gasteiger partial charge in [0.25, 0.3) is 0 Å². The van der Waals surface area contributed by atoms with Crippen LogP contribution < -0.4 is 4.74 Å². The smallest absolute Gasteiger partial charge is 0.335 e. The van der Waals surface area contributed by atoms with E-state index in [1.165, 1.54) is 12.1 Å². The second-order valence-corrected chi connectivity index (χ2v) is 11.5. The van der Waals surface area contributed by atoms with Crippen LogP contribution in [0.3, 0.4) is 0 Å². The number of carboxylic acid groups (broad SMARTS) is 1. The average Bonchev–Trinajstić information content (AvgIpc) is 3.28. The summed E-state index contributed by atoms with van der Waals surface area (Å²) in [5.41, 5.74) is 4.62. The Morgan fingerprint density at radius 1 is 0.976 bits per heavy atom. The largest absolute Gasteiger partial charge is 0.478 e. The highest BCUT2D eigenvalue weighted by molar-refractivity contribution is 5.92. The number of pyridine rings is 1. The van der Waals surface area contributed by atoms with Gasteiger partial charge < -0.3 is 14.4 Å². The third-order valence-corrected chi connectivity index (χ3v) is 8.18. The maximum Gasteiger partial charge on any atom is 0.335 e. The lowest BCUT2D eigenvalue weighted by Crippen LogP contribution is -2.31. The number of carbonyl (C=O) groups is 1. The zero-order valence-corrected chi connectivity index (χ0v) is 23.5. The highest BCUT2D eigenvalue weighted by atomic mass is 19.1. The Labute approximate surface area is 242 Å². The van der Waals surface area contributed by atoms with Crippen molar-refractivity contribution in [2.24, 2.45) is 5.41 Å². The van der Waals surface area contributed by atoms with Crippen molar-refractivity contribution in [2.75, 3.05) is 0 Å². The van der Waals surface area contributed by atoms with Crippen LogP contribution in [0.4, 0.5) is 8.78 Å². The molecule has 2 aromatic heterocycles. The van der Waals surface area contributed by atoms with Gasteiger partial charge in [-0.2, -0.15) is 0 Å². The molecule has 0 saturated heterocycles. The summed E-state index contributed by atoms with van der Waals surface area (Å²) in [7, 11) is 0. The first-order chi connectivity index (χ1) is 20.2. The van der Waals surface area contributed by atoms with Crippen molar-refractivity contribution in [2.45, 2.75) is 52.7 Å². The Balaban J connectivity index is 1.25. The molecule has 0 atom stereocenters. The zero-order valence-electron chi connectivity index (χ0n) is 23.5. The van der Waals surface area contributed by atoms with Crippen molar-refractivity contribution >= 4 is 17.0 Å². The molecule has 1 N–H and O–H groups in total. The molecule has 0 unspecified atom stereocenters. The molecule has 6 nitrogen and oxygen atoms in total. The molecule has 5 aromatic rings. The van der Waals surface area contributed by atoms with Crippen molar-refractivity contribution in [3.8, 4) is 17.1 Å². The van der Waals surface area contributed by atoms with Crippen LogP contribution in [0.25, 0.3) is 22.3 Å². The number of nitrogens with zero attached hydrogens (tertiary/aromatic N) is 3. The van der Waals surface area contributed by atoms with E-state index in [0.29, 0.717) is 46.2 Å². The first-order valence-electron chi connectivity index (χ1n) is 14.0. The lowest BCUT2D eigenvalue weighted by Gasteiger charge is -2.39. The molecule has 42 heavy (non-hydrogen) atoms. The van der Waals surface area contributed by atoms with Gasteiger partial charge in [-0.1, -0.05) is 43.7 Å². The normalized spacial score (nSPS) is 14.1. The molecule has 8 heteroatoms. The Bertz CT molecular complexity index is 1810. The zero-order chi connectivity index (χ0) is 29.4. The van der Waals surface area contributed by atoms with Crippen LogP contribution in [0.5, 0.6) is 5.88 Å². The summed E-state index contributed by atoms with van der Waals surface area (Å²) < 4.78 is 37.5. The average molecular weight is 568 g/mol. The number of hydrogen-bond donors (Lipinski definition) is 1. The molecule has 1 saturated carbocycles. The monoisotopic (exact) mass is 567 g/mol. The number of hydrogen-bond acceptors (Lipinski definition) is 4. The second kappa shape index (κ2) is 11.0. The number of carboxylic acids is 1. The van der Waals surface area contributed by atoms with Crippen LogP contribution >= 0.6 is 0 Å². The molecule has 3 aromatic carbocycles. The van der Waals surface area contributed by atoms with Gasteiger partial charge >= 0.3 is 5.97 Å². The summed E-state index contributed by atoms with van der Waals surface area (Å²) in [4.78, 5) is 20.9. The van der Waals surface area contributed by atoms with E-state index >= 15 is 4.39 Å². The molecule has 0 spiro atoms. The van der Waals surface area contributed by atoms with Crippen molar-refractivity contribution in [1.29, 1.82) is 0 Å². The van der Waals surface area contributed by atoms with Gasteiger partial charge in [-0.25, -0.2) is 23.5 Å². The Morgan fingerprint density at radius 3 is 2.48 bits per heavy atom. The minimum atomic E-state index is -0.993. The Kier molecular flexibility index (Phi) is 7.22. The summed E-state index contributed by atoms with van der Waals surface area (Å²) in [5.74, 6) is -0.698. The van der Waals surface area contributed by atoms with E-state index in [9.17, 15) is 14.3 Å². The molecule has 0 aliphatic heterocycles. The van der Waals surface area contributed by atoms with E-state index in [0.717, 1.165) is 30.3 Å². The van der Waals surface area contributed by atoms with Gasteiger partial charge in [0.05, 0.1) is 22.3 Å². The molecule has 1 aliphatic carbocycles. The third-order valence-electron chi connectivity index (χ3n) is 8.18. The topological polar surface area (TPSA) is 77.2 Å². The first-order valence-corrected chi connectivity index (χ1v) is 14.0. The van der Waals surface area contributed by atoms with Crippen molar-refractivity contribution in [3.63, 3.8) is 0 Å². The summed E-state index contributed by atoms with van der Waals surface area (Å²) in [6, 6.07) is 20.1. The molecule has 0 bridgehead atoms. The fraction of sp³-hybridized carbons (Fsp3) is 0.265. The summed E-state index contributed by atoms with van der Waals surface area (Å²) in [5, 5.41) is 9.54. The quantitative estimate of drug-likeness (QED) is 0.197. The Morgan fingerprint density at radius 2 is 1.76 bits per heavy atom. The van der Waals surface area contributed by atoms with Gasteiger partial charge in [0.2, 0.25) is 5.88 Å². The lowest BCUT2D eigenvalue weighted by atomic mass is 9.70. The number of aromatic nitrogens is 3. The molecular weight excluding hydrogens is 536 g/mol. The second-order valence-electron chi connectivity index (χ2n) is 11.5. The number of ether oxygens (including phenoxy) is 1. The highest BCUT2D eigenvalue weighted by Gasteiger charge is 2.33. The highest BCUT2D eigenvalue weighted by Crippen LogP contribution is 2.42. The molecule has 0 amide bonds. The summed E-state index contributed by atoms with van der Waals surface area (Å²) in [6.07, 6.45) is 3.60. The number of aromatic carboxylic acids is 1. The van der Waals surface area contributed by atoms with Crippen LogP contribution in [-0.4, -0.2) is 25.6 Å². The van der Waals surface area contributed by atoms with E-state index in [1.54, 1.807) is 48.5 Å². The molecule has 1 fully saturated rings. The molecule has 0 radical (unpaired) electrons. The van der Waals surface area contributed by atoms with Crippen molar-refractivity contribution in [1.82, 2.24) is 14.5 Å². The maximum absolute atomic E-state index is 15.5. The molecule has 2 heterocycles. The fourth-order valence-electron chi connectivity index (χ4n) is 5.53. The van der Waals surface area contributed by atoms with Crippen LogP contribution in [0.15, 0.2) is 72.8 Å². The van der Waals surface area contributed by atoms with E-state index in [4.69, 9.17) is 9.72 Å². The summed E-state index contributed by atoms with van der Waals surface area (Å²) >= 11 is 0. The first kappa shape index (κ1) is 27.6. The van der Waals surface area contributed by atoms with Gasteiger partial charge in [0.1, 0.15) is 24.1 Å². The van der Waals surface area contributed by atoms with E-state index in [2.05, 4.69) is 16.5 Å². The van der Waals surface area contributed by atoms with E-state index in [-0.39, 0.29) is 35.6 Å². The minimum Gasteiger partial charge on any atom is -0.478 e. The van der Waals surface area contributed by atoms with E-state index in [1.807, 2.05) is 19.1 Å². The number of imidazole rings is 1. The van der Waals surface area contributed by atoms with Gasteiger partial charge in [-0.3, -0.25) is 0 Å². The number of benzene rings is 3.